The molecule has 0 aliphatic rings. The Bertz CT molecular complexity index is 2020. The molecule has 0 heterocycles. The fourth-order valence-electron chi connectivity index (χ4n) is 9.18. The van der Waals surface area contributed by atoms with Crippen molar-refractivity contribution in [3.8, 4) is 0 Å². The maximum Gasteiger partial charge on any atom is 0.200 e. The predicted molar refractivity (Wildman–Crippen MR) is 225 cm³/mol. The SMILES string of the molecule is CCCCC(CC)C[NH+](CC(CC)CCCC)CC(CC)CCCC.Fc1c(F)c(F)c([B-](c2c(F)c(F)c(F)c(F)c2F)(c2c(F)c(F)c(F)c(F)c2F)c2c(F)c(F)c(F)c(F)c2F)c(F)c1F. The number of nitrogens with one attached hydrogen (secondary N) is 1. The molecule has 0 radical (unpaired) electrons. The molecular weight excluding hydrogens is 981 g/mol. The molecule has 392 valence electrons. The third kappa shape index (κ3) is 11.7. The zero-order chi connectivity index (χ0) is 53.3. The third-order valence-corrected chi connectivity index (χ3v) is 13.1. The third-order valence-electron chi connectivity index (χ3n) is 13.1. The molecule has 4 aromatic carbocycles. The van der Waals surface area contributed by atoms with E-state index in [1.165, 1.54) is 96.7 Å². The first-order valence-electron chi connectivity index (χ1n) is 22.9. The maximum absolute atomic E-state index is 15.4. The van der Waals surface area contributed by atoms with Crippen molar-refractivity contribution in [1.29, 1.82) is 0 Å². The van der Waals surface area contributed by atoms with Crippen LogP contribution in [0.1, 0.15) is 119 Å². The van der Waals surface area contributed by atoms with E-state index in [0.29, 0.717) is 0 Å². The summed E-state index contributed by atoms with van der Waals surface area (Å²) in [7, 11) is 0. The Morgan fingerprint density at radius 3 is 0.571 bits per heavy atom. The van der Waals surface area contributed by atoms with Gasteiger partial charge in [0, 0.05) is 17.8 Å². The molecule has 22 heteroatoms. The lowest BCUT2D eigenvalue weighted by molar-refractivity contribution is -0.910. The van der Waals surface area contributed by atoms with Gasteiger partial charge in [0.05, 0.1) is 19.6 Å². The van der Waals surface area contributed by atoms with Gasteiger partial charge in [-0.15, -0.1) is 21.9 Å². The minimum absolute atomic E-state index is 0.947. The summed E-state index contributed by atoms with van der Waals surface area (Å²) in [6, 6.07) is 0. The lowest BCUT2D eigenvalue weighted by Gasteiger charge is -2.44. The molecule has 0 spiro atoms. The minimum Gasteiger partial charge on any atom is -0.334 e. The summed E-state index contributed by atoms with van der Waals surface area (Å²) in [5.74, 6) is -68.6. The van der Waals surface area contributed by atoms with Crippen molar-refractivity contribution in [2.75, 3.05) is 19.6 Å². The first-order valence-corrected chi connectivity index (χ1v) is 22.9. The van der Waals surface area contributed by atoms with Crippen molar-refractivity contribution < 1.29 is 92.7 Å². The molecule has 3 atom stereocenters. The second kappa shape index (κ2) is 25.8. The molecule has 0 amide bonds. The second-order valence-electron chi connectivity index (χ2n) is 17.4. The summed E-state index contributed by atoms with van der Waals surface area (Å²) in [6.07, 6.45) is 9.60. The Balaban J connectivity index is 0.000000442. The number of rotatable bonds is 22. The highest BCUT2D eigenvalue weighted by Gasteiger charge is 2.52. The zero-order valence-electron chi connectivity index (χ0n) is 39.0. The van der Waals surface area contributed by atoms with Gasteiger partial charge in [0.15, 0.2) is 69.8 Å². The quantitative estimate of drug-likeness (QED) is 0.0346. The monoisotopic (exact) mass is 1030 g/mol. The van der Waals surface area contributed by atoms with E-state index in [9.17, 15) is 52.7 Å². The molecule has 0 saturated heterocycles. The molecular formula is C48H52BF20N. The Labute approximate surface area is 392 Å². The smallest absolute Gasteiger partial charge is 0.200 e. The van der Waals surface area contributed by atoms with Crippen LogP contribution in [0.4, 0.5) is 87.8 Å². The molecule has 0 aliphatic carbocycles. The largest absolute Gasteiger partial charge is 0.334 e. The highest BCUT2D eigenvalue weighted by atomic mass is 19.2. The number of quaternary nitrogens is 1. The van der Waals surface area contributed by atoms with Crippen molar-refractivity contribution in [2.45, 2.75) is 119 Å². The Hall–Kier alpha value is -4.50. The fraction of sp³-hybridized carbons (Fsp3) is 0.500. The fourth-order valence-corrected chi connectivity index (χ4v) is 9.18. The number of hydrogen-bond acceptors (Lipinski definition) is 0. The molecule has 4 rings (SSSR count). The molecule has 0 saturated carbocycles. The highest BCUT2D eigenvalue weighted by Crippen LogP contribution is 2.31. The summed E-state index contributed by atoms with van der Waals surface area (Å²) in [6.45, 7) is 18.6. The summed E-state index contributed by atoms with van der Waals surface area (Å²) in [4.78, 5) is 1.94. The van der Waals surface area contributed by atoms with Gasteiger partial charge >= 0.3 is 0 Å². The van der Waals surface area contributed by atoms with Crippen LogP contribution in [0.5, 0.6) is 0 Å². The topological polar surface area (TPSA) is 4.44 Å². The average molecular weight is 1030 g/mol. The van der Waals surface area contributed by atoms with E-state index in [4.69, 9.17) is 0 Å². The lowest BCUT2D eigenvalue weighted by atomic mass is 9.12. The molecule has 4 aromatic rings. The van der Waals surface area contributed by atoms with Gasteiger partial charge in [-0.1, -0.05) is 80.1 Å². The molecule has 3 unspecified atom stereocenters. The van der Waals surface area contributed by atoms with Crippen molar-refractivity contribution >= 4 is 28.0 Å². The van der Waals surface area contributed by atoms with Crippen LogP contribution < -0.4 is 26.8 Å². The normalized spacial score (nSPS) is 13.6. The molecule has 0 aliphatic heterocycles. The van der Waals surface area contributed by atoms with Crippen molar-refractivity contribution in [3.05, 3.63) is 116 Å². The van der Waals surface area contributed by atoms with Crippen molar-refractivity contribution in [2.24, 2.45) is 17.8 Å². The van der Waals surface area contributed by atoms with E-state index in [1.807, 2.05) is 4.90 Å². The number of hydrogen-bond donors (Lipinski definition) is 1. The molecule has 0 fully saturated rings. The van der Waals surface area contributed by atoms with Crippen LogP contribution >= 0.6 is 0 Å². The van der Waals surface area contributed by atoms with Crippen LogP contribution in [0.15, 0.2) is 0 Å². The van der Waals surface area contributed by atoms with Crippen LogP contribution in [0.3, 0.4) is 0 Å². The standard InChI is InChI=1S/C24BF20.C24H51N/c26-5-1(6(27)14(35)21(42)13(5)34)25(2-7(28)15(36)22(43)16(37)8(2)29,3-9(30)17(38)23(44)18(39)10(3)31)4-11(32)19(40)24(45)20(41)12(4)33;1-7-13-16-22(10-4)19-25(20-23(11-5)17-14-8-2)21-24(12-6)18-15-9-3/h;22-24H,7-21H2,1-6H3/q-1;/p+1. The molecule has 70 heavy (non-hydrogen) atoms. The number of halogens is 20. The minimum atomic E-state index is -7.22. The first-order chi connectivity index (χ1) is 32.8. The molecule has 1 N–H and O–H groups in total. The van der Waals surface area contributed by atoms with E-state index in [1.54, 1.807) is 0 Å². The van der Waals surface area contributed by atoms with Gasteiger partial charge < -0.3 is 4.90 Å². The van der Waals surface area contributed by atoms with Gasteiger partial charge in [0.1, 0.15) is 52.7 Å². The number of benzene rings is 4. The van der Waals surface area contributed by atoms with Gasteiger partial charge in [0.25, 0.3) is 0 Å². The number of unbranched alkanes of at least 4 members (excludes halogenated alkanes) is 3. The van der Waals surface area contributed by atoms with Gasteiger partial charge in [-0.3, -0.25) is 0 Å². The summed E-state index contributed by atoms with van der Waals surface area (Å²) in [5, 5.41) is 0. The summed E-state index contributed by atoms with van der Waals surface area (Å²) < 4.78 is 294. The van der Waals surface area contributed by atoms with Crippen molar-refractivity contribution in [3.63, 3.8) is 0 Å². The maximum atomic E-state index is 15.4. The zero-order valence-corrected chi connectivity index (χ0v) is 39.0. The van der Waals surface area contributed by atoms with Crippen LogP contribution in [-0.4, -0.2) is 25.8 Å². The van der Waals surface area contributed by atoms with Gasteiger partial charge in [0.2, 0.25) is 0 Å². The molecule has 0 aromatic heterocycles. The molecule has 1 nitrogen and oxygen atoms in total. The highest BCUT2D eigenvalue weighted by molar-refractivity contribution is 7.20. The van der Waals surface area contributed by atoms with E-state index in [2.05, 4.69) is 41.5 Å². The van der Waals surface area contributed by atoms with Crippen LogP contribution in [-0.2, 0) is 0 Å². The van der Waals surface area contributed by atoms with E-state index in [-0.39, 0.29) is 0 Å². The van der Waals surface area contributed by atoms with Gasteiger partial charge in [-0.05, 0) is 38.5 Å². The summed E-state index contributed by atoms with van der Waals surface area (Å²) >= 11 is 0. The van der Waals surface area contributed by atoms with E-state index in [0.717, 1.165) is 17.8 Å². The van der Waals surface area contributed by atoms with Crippen LogP contribution in [0.25, 0.3) is 0 Å². The van der Waals surface area contributed by atoms with Gasteiger partial charge in [-0.25, -0.2) is 87.8 Å². The van der Waals surface area contributed by atoms with E-state index >= 15 is 35.1 Å². The van der Waals surface area contributed by atoms with Crippen molar-refractivity contribution in [1.82, 2.24) is 0 Å². The predicted octanol–water partition coefficient (Wildman–Crippen LogP) is 12.4. The van der Waals surface area contributed by atoms with Crippen LogP contribution in [0.2, 0.25) is 0 Å². The Morgan fingerprint density at radius 2 is 0.429 bits per heavy atom. The Morgan fingerprint density at radius 1 is 0.271 bits per heavy atom. The summed E-state index contributed by atoms with van der Waals surface area (Å²) in [5.41, 5.74) is -14.3. The van der Waals surface area contributed by atoms with Crippen LogP contribution in [0, 0.1) is 134 Å². The second-order valence-corrected chi connectivity index (χ2v) is 17.4. The lowest BCUT2D eigenvalue weighted by Crippen LogP contribution is -3.14. The average Bonchev–Trinajstić information content (AvgIpc) is 3.35. The Kier molecular flexibility index (Phi) is 22.0. The first kappa shape index (κ1) is 59.8. The van der Waals surface area contributed by atoms with E-state index < -0.39 is 144 Å². The van der Waals surface area contributed by atoms with Gasteiger partial charge in [-0.2, -0.15) is 0 Å². The molecule has 0 bridgehead atoms.